The number of rotatable bonds is 11. The van der Waals surface area contributed by atoms with Crippen LogP contribution in [0.25, 0.3) is 0 Å². The Hall–Kier alpha value is -3.10. The van der Waals surface area contributed by atoms with Gasteiger partial charge >= 0.3 is 0 Å². The molecule has 0 aliphatic rings. The topological polar surface area (TPSA) is 85.7 Å². The molecule has 0 bridgehead atoms. The number of benzene rings is 3. The monoisotopic (exact) mass is 485 g/mol. The van der Waals surface area contributed by atoms with Crippen LogP contribution in [0, 0.1) is 10.1 Å². The number of halogens is 1. The second kappa shape index (κ2) is 11.3. The zero-order valence-corrected chi connectivity index (χ0v) is 18.7. The van der Waals surface area contributed by atoms with E-state index in [0.717, 1.165) is 27.8 Å². The molecular weight excluding hydrogens is 462 g/mol. The molecule has 0 heterocycles. The summed E-state index contributed by atoms with van der Waals surface area (Å²) in [6, 6.07) is 20.3. The number of hydrogen-bond acceptors (Lipinski definition) is 6. The van der Waals surface area contributed by atoms with E-state index in [9.17, 15) is 10.1 Å². The van der Waals surface area contributed by atoms with Gasteiger partial charge in [-0.1, -0.05) is 30.3 Å². The Kier molecular flexibility index (Phi) is 8.26. The summed E-state index contributed by atoms with van der Waals surface area (Å²) in [4.78, 5) is 10.3. The third-order valence-electron chi connectivity index (χ3n) is 4.55. The summed E-state index contributed by atoms with van der Waals surface area (Å²) in [5, 5.41) is 17.3. The number of nitrogens with zero attached hydrogens (tertiary/aromatic N) is 1. The summed E-state index contributed by atoms with van der Waals surface area (Å²) < 4.78 is 12.3. The van der Waals surface area contributed by atoms with E-state index >= 15 is 0 Å². The van der Waals surface area contributed by atoms with Gasteiger partial charge in [0.15, 0.2) is 11.5 Å². The number of nitro groups is 1. The van der Waals surface area contributed by atoms with E-state index in [2.05, 4.69) is 26.6 Å². The largest absolute Gasteiger partial charge is 0.493 e. The van der Waals surface area contributed by atoms with Crippen LogP contribution in [-0.2, 0) is 13.2 Å². The van der Waals surface area contributed by atoms with Crippen molar-refractivity contribution in [3.05, 3.63) is 92.4 Å². The van der Waals surface area contributed by atoms with Crippen molar-refractivity contribution in [2.24, 2.45) is 0 Å². The van der Waals surface area contributed by atoms with Crippen LogP contribution in [-0.4, -0.2) is 25.1 Å². The van der Waals surface area contributed by atoms with Crippen molar-refractivity contribution in [1.29, 1.82) is 0 Å². The highest BCUT2D eigenvalue weighted by atomic mass is 79.9. The van der Waals surface area contributed by atoms with Gasteiger partial charge < -0.3 is 20.1 Å². The zero-order chi connectivity index (χ0) is 22.1. The van der Waals surface area contributed by atoms with Gasteiger partial charge in [0.2, 0.25) is 0 Å². The minimum atomic E-state index is -0.407. The summed E-state index contributed by atoms with van der Waals surface area (Å²) in [7, 11) is 1.63. The molecule has 31 heavy (non-hydrogen) atoms. The van der Waals surface area contributed by atoms with Crippen molar-refractivity contribution in [2.45, 2.75) is 13.2 Å². The number of non-ortho nitro benzene ring substituents is 1. The lowest BCUT2D eigenvalue weighted by Crippen LogP contribution is -2.21. The molecule has 7 nitrogen and oxygen atoms in total. The second-order valence-electron chi connectivity index (χ2n) is 6.79. The van der Waals surface area contributed by atoms with Crippen LogP contribution < -0.4 is 20.1 Å². The van der Waals surface area contributed by atoms with E-state index in [-0.39, 0.29) is 5.69 Å². The van der Waals surface area contributed by atoms with Gasteiger partial charge in [-0.05, 0) is 51.3 Å². The molecule has 3 aromatic rings. The van der Waals surface area contributed by atoms with E-state index in [0.29, 0.717) is 31.2 Å². The van der Waals surface area contributed by atoms with E-state index in [4.69, 9.17) is 9.47 Å². The molecule has 0 radical (unpaired) electrons. The lowest BCUT2D eigenvalue weighted by molar-refractivity contribution is -0.384. The van der Waals surface area contributed by atoms with Gasteiger partial charge in [-0.25, -0.2) is 0 Å². The fourth-order valence-corrected chi connectivity index (χ4v) is 3.58. The summed E-state index contributed by atoms with van der Waals surface area (Å²) in [6.45, 7) is 2.54. The molecule has 0 spiro atoms. The van der Waals surface area contributed by atoms with Crippen LogP contribution in [0.15, 0.2) is 71.2 Å². The molecule has 8 heteroatoms. The number of methoxy groups -OCH3 is 1. The van der Waals surface area contributed by atoms with Gasteiger partial charge in [-0.3, -0.25) is 10.1 Å². The lowest BCUT2D eigenvalue weighted by Gasteiger charge is -2.15. The van der Waals surface area contributed by atoms with E-state index in [1.807, 2.05) is 42.5 Å². The predicted octanol–water partition coefficient (Wildman–Crippen LogP) is 5.15. The number of nitro benzene ring substituents is 1. The summed E-state index contributed by atoms with van der Waals surface area (Å²) in [6.07, 6.45) is 0. The Labute approximate surface area is 189 Å². The Morgan fingerprint density at radius 1 is 1.00 bits per heavy atom. The highest BCUT2D eigenvalue weighted by molar-refractivity contribution is 9.10. The van der Waals surface area contributed by atoms with Crippen LogP contribution in [0.3, 0.4) is 0 Å². The summed E-state index contributed by atoms with van der Waals surface area (Å²) >= 11 is 3.59. The van der Waals surface area contributed by atoms with Gasteiger partial charge in [0.25, 0.3) is 5.69 Å². The van der Waals surface area contributed by atoms with Crippen LogP contribution in [0.5, 0.6) is 11.5 Å². The Bertz CT molecular complexity index is 998. The van der Waals surface area contributed by atoms with E-state index in [1.165, 1.54) is 12.1 Å². The van der Waals surface area contributed by atoms with Crippen LogP contribution in [0.4, 0.5) is 11.4 Å². The van der Waals surface area contributed by atoms with Gasteiger partial charge in [-0.15, -0.1) is 0 Å². The van der Waals surface area contributed by atoms with Gasteiger partial charge in [-0.2, -0.15) is 0 Å². The maximum absolute atomic E-state index is 10.7. The van der Waals surface area contributed by atoms with Gasteiger partial charge in [0.05, 0.1) is 16.5 Å². The molecule has 0 aliphatic heterocycles. The summed E-state index contributed by atoms with van der Waals surface area (Å²) in [5.41, 5.74) is 3.07. The zero-order valence-electron chi connectivity index (χ0n) is 17.1. The number of hydrogen-bond donors (Lipinski definition) is 2. The summed E-state index contributed by atoms with van der Waals surface area (Å²) in [5.74, 6) is 1.35. The average molecular weight is 486 g/mol. The third kappa shape index (κ3) is 6.70. The quantitative estimate of drug-likeness (QED) is 0.222. The molecule has 0 unspecified atom stereocenters. The minimum Gasteiger partial charge on any atom is -0.493 e. The normalized spacial score (nSPS) is 10.5. The molecular formula is C23H24BrN3O4. The van der Waals surface area contributed by atoms with Crippen LogP contribution >= 0.6 is 15.9 Å². The van der Waals surface area contributed by atoms with Crippen LogP contribution in [0.1, 0.15) is 11.1 Å². The lowest BCUT2D eigenvalue weighted by atomic mass is 10.2. The van der Waals surface area contributed by atoms with E-state index < -0.39 is 4.92 Å². The maximum atomic E-state index is 10.7. The van der Waals surface area contributed by atoms with Gasteiger partial charge in [0.1, 0.15) is 6.61 Å². The highest BCUT2D eigenvalue weighted by Gasteiger charge is 2.12. The van der Waals surface area contributed by atoms with Crippen LogP contribution in [0.2, 0.25) is 0 Å². The minimum absolute atomic E-state index is 0.0828. The number of anilines is 1. The predicted molar refractivity (Wildman–Crippen MR) is 125 cm³/mol. The fourth-order valence-electron chi connectivity index (χ4n) is 2.97. The Morgan fingerprint density at radius 2 is 1.74 bits per heavy atom. The smallest absolute Gasteiger partial charge is 0.269 e. The molecule has 3 aromatic carbocycles. The molecule has 0 atom stereocenters. The van der Waals surface area contributed by atoms with Crippen molar-refractivity contribution >= 4 is 27.3 Å². The first-order valence-electron chi connectivity index (χ1n) is 9.79. The molecule has 3 rings (SSSR count). The van der Waals surface area contributed by atoms with Gasteiger partial charge in [0, 0.05) is 37.5 Å². The molecule has 0 saturated carbocycles. The first kappa shape index (κ1) is 22.6. The molecule has 0 fully saturated rings. The third-order valence-corrected chi connectivity index (χ3v) is 5.14. The van der Waals surface area contributed by atoms with E-state index in [1.54, 1.807) is 19.2 Å². The molecule has 0 saturated heterocycles. The SMILES string of the molecule is COc1cc(CNCCNc2ccc([N+](=O)[O-])cc2)cc(Br)c1OCc1ccccc1. The standard InChI is InChI=1S/C23H24BrN3O4/c1-30-22-14-18(13-21(24)23(22)31-16-17-5-3-2-4-6-17)15-25-11-12-26-19-7-9-20(10-8-19)27(28)29/h2-10,13-14,25-26H,11-12,15-16H2,1H3. The van der Waals surface area contributed by atoms with Crippen molar-refractivity contribution in [3.63, 3.8) is 0 Å². The molecule has 162 valence electrons. The second-order valence-corrected chi connectivity index (χ2v) is 7.65. The number of ether oxygens (including phenoxy) is 2. The van der Waals surface area contributed by atoms with Crippen molar-refractivity contribution < 1.29 is 14.4 Å². The fraction of sp³-hybridized carbons (Fsp3) is 0.217. The molecule has 2 N–H and O–H groups in total. The van der Waals surface area contributed by atoms with Crippen molar-refractivity contribution in [3.8, 4) is 11.5 Å². The maximum Gasteiger partial charge on any atom is 0.269 e. The first-order valence-corrected chi connectivity index (χ1v) is 10.6. The molecule has 0 aromatic heterocycles. The number of nitrogens with one attached hydrogen (secondary N) is 2. The first-order chi connectivity index (χ1) is 15.1. The molecule has 0 aliphatic carbocycles. The van der Waals surface area contributed by atoms with Crippen molar-refractivity contribution in [1.82, 2.24) is 5.32 Å². The Morgan fingerprint density at radius 3 is 2.42 bits per heavy atom. The Balaban J connectivity index is 1.48. The van der Waals surface area contributed by atoms with Crippen molar-refractivity contribution in [2.75, 3.05) is 25.5 Å². The molecule has 0 amide bonds. The average Bonchev–Trinajstić information content (AvgIpc) is 2.78. The highest BCUT2D eigenvalue weighted by Crippen LogP contribution is 2.37.